The summed E-state index contributed by atoms with van der Waals surface area (Å²) < 4.78 is 6.41. The minimum atomic E-state index is -0.413. The Balaban J connectivity index is 1.07. The molecule has 0 aliphatic carbocycles. The first-order valence-corrected chi connectivity index (χ1v) is 15.1. The molecule has 2 atom stereocenters. The number of piperazine rings is 2. The number of benzene rings is 1. The van der Waals surface area contributed by atoms with Gasteiger partial charge in [0, 0.05) is 101 Å². The number of aromatic nitrogens is 3. The van der Waals surface area contributed by atoms with E-state index in [9.17, 15) is 10.3 Å². The first-order valence-electron chi connectivity index (χ1n) is 15.1. The average molecular weight is 570 g/mol. The Morgan fingerprint density at radius 1 is 1.00 bits per heavy atom. The quantitative estimate of drug-likeness (QED) is 0.440. The summed E-state index contributed by atoms with van der Waals surface area (Å²) >= 11 is 0. The van der Waals surface area contributed by atoms with Gasteiger partial charge in [0.15, 0.2) is 0 Å². The Hall–Kier alpha value is -3.50. The SMILES string of the molecule is CB(O)N1CCN(c2nc(N3CCN(C[C@H]4CN(c5ccc(C#N)c6ncccc56)C[C@@H](C)O4)CC3)ncc2C)CC1. The molecule has 11 nitrogen and oxygen atoms in total. The highest BCUT2D eigenvalue weighted by molar-refractivity contribution is 6.45. The number of aryl methyl sites for hydroxylation is 1. The van der Waals surface area contributed by atoms with Crippen LogP contribution in [0.3, 0.4) is 0 Å². The summed E-state index contributed by atoms with van der Waals surface area (Å²) in [5, 5.41) is 20.5. The molecule has 42 heavy (non-hydrogen) atoms. The van der Waals surface area contributed by atoms with Gasteiger partial charge in [-0.25, -0.2) is 4.98 Å². The van der Waals surface area contributed by atoms with Gasteiger partial charge in [0.05, 0.1) is 23.3 Å². The first kappa shape index (κ1) is 28.6. The highest BCUT2D eigenvalue weighted by Crippen LogP contribution is 2.30. The van der Waals surface area contributed by atoms with Crippen LogP contribution in [-0.4, -0.2) is 121 Å². The molecule has 220 valence electrons. The van der Waals surface area contributed by atoms with Crippen LogP contribution in [0.25, 0.3) is 10.9 Å². The van der Waals surface area contributed by atoms with Crippen molar-refractivity contribution in [2.45, 2.75) is 32.9 Å². The van der Waals surface area contributed by atoms with Crippen molar-refractivity contribution >= 4 is 35.4 Å². The Morgan fingerprint density at radius 3 is 2.50 bits per heavy atom. The van der Waals surface area contributed by atoms with Gasteiger partial charge in [0.1, 0.15) is 11.9 Å². The summed E-state index contributed by atoms with van der Waals surface area (Å²) in [7, 11) is -0.413. The van der Waals surface area contributed by atoms with Crippen molar-refractivity contribution in [3.63, 3.8) is 0 Å². The number of rotatable bonds is 6. The van der Waals surface area contributed by atoms with Crippen molar-refractivity contribution in [1.29, 1.82) is 5.26 Å². The zero-order chi connectivity index (χ0) is 29.2. The molecule has 5 heterocycles. The van der Waals surface area contributed by atoms with E-state index in [1.54, 1.807) is 6.20 Å². The Labute approximate surface area is 248 Å². The Morgan fingerprint density at radius 2 is 1.76 bits per heavy atom. The number of pyridine rings is 1. The molecule has 0 spiro atoms. The van der Waals surface area contributed by atoms with Crippen LogP contribution in [0, 0.1) is 18.3 Å². The lowest BCUT2D eigenvalue weighted by Gasteiger charge is -2.42. The summed E-state index contributed by atoms with van der Waals surface area (Å²) in [4.78, 5) is 25.8. The molecule has 3 aliphatic heterocycles. The van der Waals surface area contributed by atoms with E-state index in [2.05, 4.69) is 61.4 Å². The molecule has 1 aromatic carbocycles. The topological polar surface area (TPSA) is 108 Å². The first-order chi connectivity index (χ1) is 20.4. The van der Waals surface area contributed by atoms with Gasteiger partial charge in [-0.05, 0) is 44.9 Å². The minimum Gasteiger partial charge on any atom is -0.437 e. The van der Waals surface area contributed by atoms with E-state index in [0.29, 0.717) is 5.56 Å². The van der Waals surface area contributed by atoms with Crippen molar-refractivity contribution in [1.82, 2.24) is 24.7 Å². The van der Waals surface area contributed by atoms with E-state index in [4.69, 9.17) is 14.7 Å². The molecular formula is C30H40BN9O2. The van der Waals surface area contributed by atoms with Gasteiger partial charge in [-0.1, -0.05) is 0 Å². The van der Waals surface area contributed by atoms with Gasteiger partial charge in [0.25, 0.3) is 0 Å². The van der Waals surface area contributed by atoms with Crippen LogP contribution in [0.1, 0.15) is 18.1 Å². The lowest BCUT2D eigenvalue weighted by Crippen LogP contribution is -2.54. The zero-order valence-electron chi connectivity index (χ0n) is 24.9. The number of hydrogen-bond donors (Lipinski definition) is 1. The summed E-state index contributed by atoms with van der Waals surface area (Å²) in [6.45, 7) is 15.5. The number of nitriles is 1. The van der Waals surface area contributed by atoms with Crippen LogP contribution >= 0.6 is 0 Å². The largest absolute Gasteiger partial charge is 0.437 e. The second kappa shape index (κ2) is 12.4. The molecule has 3 aromatic rings. The van der Waals surface area contributed by atoms with E-state index in [1.807, 2.05) is 25.2 Å². The van der Waals surface area contributed by atoms with Crippen molar-refractivity contribution in [3.05, 3.63) is 47.8 Å². The van der Waals surface area contributed by atoms with Crippen molar-refractivity contribution in [2.75, 3.05) is 86.7 Å². The van der Waals surface area contributed by atoms with Crippen LogP contribution in [-0.2, 0) is 4.74 Å². The molecule has 12 heteroatoms. The highest BCUT2D eigenvalue weighted by Gasteiger charge is 2.30. The molecule has 0 bridgehead atoms. The van der Waals surface area contributed by atoms with Gasteiger partial charge >= 0.3 is 7.05 Å². The molecule has 0 saturated carbocycles. The molecule has 3 fully saturated rings. The molecule has 0 amide bonds. The Bertz CT molecular complexity index is 1430. The number of hydrogen-bond acceptors (Lipinski definition) is 11. The van der Waals surface area contributed by atoms with Gasteiger partial charge < -0.3 is 29.3 Å². The maximum Gasteiger partial charge on any atom is 0.376 e. The maximum absolute atomic E-state index is 9.91. The summed E-state index contributed by atoms with van der Waals surface area (Å²) in [6, 6.07) is 10.2. The molecule has 6 rings (SSSR count). The lowest BCUT2D eigenvalue weighted by molar-refractivity contribution is -0.0327. The van der Waals surface area contributed by atoms with E-state index in [1.165, 1.54) is 0 Å². The van der Waals surface area contributed by atoms with Crippen LogP contribution in [0.2, 0.25) is 6.82 Å². The van der Waals surface area contributed by atoms with E-state index in [-0.39, 0.29) is 12.2 Å². The van der Waals surface area contributed by atoms with Crippen LogP contribution in [0.15, 0.2) is 36.7 Å². The fourth-order valence-electron chi connectivity index (χ4n) is 6.49. The van der Waals surface area contributed by atoms with Gasteiger partial charge in [0.2, 0.25) is 5.95 Å². The van der Waals surface area contributed by atoms with Crippen LogP contribution in [0.5, 0.6) is 0 Å². The predicted molar refractivity (Wildman–Crippen MR) is 166 cm³/mol. The lowest BCUT2D eigenvalue weighted by atomic mass is 9.84. The number of fused-ring (bicyclic) bond motifs is 1. The summed E-state index contributed by atoms with van der Waals surface area (Å²) in [5.74, 6) is 1.80. The van der Waals surface area contributed by atoms with E-state index < -0.39 is 7.05 Å². The number of morpholine rings is 1. The number of nitrogens with zero attached hydrogens (tertiary/aromatic N) is 9. The monoisotopic (exact) mass is 569 g/mol. The van der Waals surface area contributed by atoms with E-state index in [0.717, 1.165) is 106 Å². The molecule has 3 aliphatic rings. The second-order valence-corrected chi connectivity index (χ2v) is 11.7. The third kappa shape index (κ3) is 6.01. The molecule has 3 saturated heterocycles. The fraction of sp³-hybridized carbons (Fsp3) is 0.533. The van der Waals surface area contributed by atoms with E-state index >= 15 is 0 Å². The average Bonchev–Trinajstić information content (AvgIpc) is 3.01. The summed E-state index contributed by atoms with van der Waals surface area (Å²) in [6.07, 6.45) is 3.89. The third-order valence-electron chi connectivity index (χ3n) is 8.73. The number of ether oxygens (including phenoxy) is 1. The fourth-order valence-corrected chi connectivity index (χ4v) is 6.49. The van der Waals surface area contributed by atoms with Crippen molar-refractivity contribution in [2.24, 2.45) is 0 Å². The minimum absolute atomic E-state index is 0.0881. The standard InChI is InChI=1S/C30H40BN9O2/c1-22-18-34-30(35-29(22)37-13-15-40(16-14-37)31(3)41)38-11-9-36(10-12-38)20-25-21-39(19-23(2)42-25)27-7-6-24(17-32)28-26(27)5-4-8-33-28/h4-8,18,23,25,41H,9-16,19-21H2,1-3H3/t23-,25+/m1/s1. The molecule has 0 unspecified atom stereocenters. The Kier molecular flexibility index (Phi) is 8.44. The van der Waals surface area contributed by atoms with Crippen molar-refractivity contribution in [3.8, 4) is 6.07 Å². The second-order valence-electron chi connectivity index (χ2n) is 11.7. The highest BCUT2D eigenvalue weighted by atomic mass is 16.5. The van der Waals surface area contributed by atoms with Gasteiger partial charge in [-0.2, -0.15) is 10.2 Å². The smallest absolute Gasteiger partial charge is 0.376 e. The maximum atomic E-state index is 9.91. The molecule has 1 N–H and O–H groups in total. The van der Waals surface area contributed by atoms with Crippen molar-refractivity contribution < 1.29 is 9.76 Å². The van der Waals surface area contributed by atoms with Crippen LogP contribution < -0.4 is 14.7 Å². The molecular weight excluding hydrogens is 529 g/mol. The zero-order valence-corrected chi connectivity index (χ0v) is 24.9. The van der Waals surface area contributed by atoms with Gasteiger partial charge in [-0.15, -0.1) is 0 Å². The number of anilines is 3. The predicted octanol–water partition coefficient (Wildman–Crippen LogP) is 1.85. The van der Waals surface area contributed by atoms with Gasteiger partial charge in [-0.3, -0.25) is 9.88 Å². The van der Waals surface area contributed by atoms with Crippen LogP contribution in [0.4, 0.5) is 17.5 Å². The molecule has 2 aromatic heterocycles. The molecule has 0 radical (unpaired) electrons. The third-order valence-corrected chi connectivity index (χ3v) is 8.73. The summed E-state index contributed by atoms with van der Waals surface area (Å²) in [5.41, 5.74) is 3.56. The normalized spacial score (nSPS) is 22.4.